The molecule has 0 fully saturated rings. The van der Waals surface area contributed by atoms with Crippen LogP contribution in [0.5, 0.6) is 0 Å². The van der Waals surface area contributed by atoms with Gasteiger partial charge in [0, 0.05) is 28.7 Å². The molecule has 0 saturated carbocycles. The maximum absolute atomic E-state index is 6.79. The van der Waals surface area contributed by atoms with Crippen LogP contribution in [0, 0.1) is 10.8 Å². The third-order valence-corrected chi connectivity index (χ3v) is 6.36. The summed E-state index contributed by atoms with van der Waals surface area (Å²) in [5.41, 5.74) is 2.51. The van der Waals surface area contributed by atoms with Gasteiger partial charge in [-0.15, -0.1) is 0 Å². The molecule has 1 heterocycles. The predicted molar refractivity (Wildman–Crippen MR) is 104 cm³/mol. The normalized spacial score (nSPS) is 18.3. The SMILES string of the molecule is CC(C)(C)N1CC(C(C)(C)C)(C(C)(C)C)c2c1ccc(Cl)c2Cl. The van der Waals surface area contributed by atoms with Crippen molar-refractivity contribution in [2.75, 3.05) is 11.4 Å². The zero-order chi connectivity index (χ0) is 18.0. The van der Waals surface area contributed by atoms with Gasteiger partial charge >= 0.3 is 0 Å². The average molecular weight is 356 g/mol. The van der Waals surface area contributed by atoms with Gasteiger partial charge in [0.25, 0.3) is 0 Å². The molecular weight excluding hydrogens is 325 g/mol. The number of fused-ring (bicyclic) bond motifs is 1. The maximum atomic E-state index is 6.79. The molecule has 0 bridgehead atoms. The van der Waals surface area contributed by atoms with Gasteiger partial charge < -0.3 is 4.90 Å². The molecule has 0 aromatic heterocycles. The van der Waals surface area contributed by atoms with Crippen molar-refractivity contribution in [1.29, 1.82) is 0 Å². The maximum Gasteiger partial charge on any atom is 0.0651 e. The molecule has 130 valence electrons. The number of halogens is 2. The molecule has 23 heavy (non-hydrogen) atoms. The molecule has 0 aliphatic carbocycles. The number of anilines is 1. The fourth-order valence-corrected chi connectivity index (χ4v) is 5.00. The van der Waals surface area contributed by atoms with Crippen molar-refractivity contribution >= 4 is 28.9 Å². The van der Waals surface area contributed by atoms with E-state index in [0.717, 1.165) is 11.6 Å². The number of rotatable bonds is 0. The lowest BCUT2D eigenvalue weighted by Gasteiger charge is -2.53. The summed E-state index contributed by atoms with van der Waals surface area (Å²) in [6.07, 6.45) is 0. The van der Waals surface area contributed by atoms with Crippen LogP contribution >= 0.6 is 23.2 Å². The van der Waals surface area contributed by atoms with Crippen molar-refractivity contribution in [2.45, 2.75) is 73.3 Å². The van der Waals surface area contributed by atoms with Gasteiger partial charge in [0.05, 0.1) is 10.0 Å². The Morgan fingerprint density at radius 3 is 1.74 bits per heavy atom. The van der Waals surface area contributed by atoms with E-state index in [2.05, 4.69) is 73.3 Å². The molecule has 3 heteroatoms. The van der Waals surface area contributed by atoms with E-state index < -0.39 is 0 Å². The third kappa shape index (κ3) is 2.68. The molecule has 1 aliphatic rings. The quantitative estimate of drug-likeness (QED) is 0.486. The predicted octanol–water partition coefficient (Wildman–Crippen LogP) is 6.94. The summed E-state index contributed by atoms with van der Waals surface area (Å²) < 4.78 is 0. The highest BCUT2D eigenvalue weighted by Crippen LogP contribution is 2.62. The molecular formula is C20H31Cl2N. The van der Waals surface area contributed by atoms with Gasteiger partial charge in [-0.2, -0.15) is 0 Å². The van der Waals surface area contributed by atoms with Crippen LogP contribution in [0.3, 0.4) is 0 Å². The van der Waals surface area contributed by atoms with Crippen molar-refractivity contribution in [3.63, 3.8) is 0 Å². The van der Waals surface area contributed by atoms with Crippen LogP contribution in [0.2, 0.25) is 10.0 Å². The Bertz CT molecular complexity index is 598. The molecule has 1 aromatic carbocycles. The lowest BCUT2D eigenvalue weighted by Crippen LogP contribution is -2.55. The summed E-state index contributed by atoms with van der Waals surface area (Å²) in [4.78, 5) is 2.50. The number of nitrogens with zero attached hydrogens (tertiary/aromatic N) is 1. The summed E-state index contributed by atoms with van der Waals surface area (Å²) in [6, 6.07) is 4.08. The van der Waals surface area contributed by atoms with Gasteiger partial charge in [-0.05, 0) is 43.7 Å². The standard InChI is InChI=1S/C20H31Cl2N/c1-17(2,3)20(18(4,5)6)12-23(19(7,8)9)14-11-10-13(21)16(22)15(14)20/h10-11H,12H2,1-9H3. The second-order valence-corrected chi connectivity index (χ2v) is 10.7. The monoisotopic (exact) mass is 355 g/mol. The molecule has 0 amide bonds. The molecule has 0 unspecified atom stereocenters. The highest BCUT2D eigenvalue weighted by Gasteiger charge is 2.59. The van der Waals surface area contributed by atoms with E-state index in [-0.39, 0.29) is 21.8 Å². The Balaban J connectivity index is 2.92. The van der Waals surface area contributed by atoms with E-state index in [9.17, 15) is 0 Å². The Morgan fingerprint density at radius 2 is 1.35 bits per heavy atom. The number of benzene rings is 1. The zero-order valence-electron chi connectivity index (χ0n) is 16.1. The molecule has 0 saturated heterocycles. The molecule has 1 aromatic rings. The van der Waals surface area contributed by atoms with Crippen LogP contribution in [0.15, 0.2) is 12.1 Å². The van der Waals surface area contributed by atoms with Gasteiger partial charge in [-0.25, -0.2) is 0 Å². The van der Waals surface area contributed by atoms with E-state index in [1.54, 1.807) is 0 Å². The first-order chi connectivity index (χ1) is 10.1. The summed E-state index contributed by atoms with van der Waals surface area (Å²) >= 11 is 13.2. The summed E-state index contributed by atoms with van der Waals surface area (Å²) in [6.45, 7) is 21.7. The Hall–Kier alpha value is -0.400. The van der Waals surface area contributed by atoms with Crippen LogP contribution in [-0.2, 0) is 5.41 Å². The van der Waals surface area contributed by atoms with Gasteiger partial charge in [-0.1, -0.05) is 64.7 Å². The van der Waals surface area contributed by atoms with E-state index in [0.29, 0.717) is 5.02 Å². The molecule has 0 N–H and O–H groups in total. The number of hydrogen-bond donors (Lipinski definition) is 0. The fourth-order valence-electron chi connectivity index (χ4n) is 4.52. The Labute approximate surface area is 152 Å². The van der Waals surface area contributed by atoms with Crippen LogP contribution in [0.25, 0.3) is 0 Å². The van der Waals surface area contributed by atoms with Crippen molar-refractivity contribution in [2.24, 2.45) is 10.8 Å². The van der Waals surface area contributed by atoms with Crippen LogP contribution < -0.4 is 4.90 Å². The largest absolute Gasteiger partial charge is 0.365 e. The minimum atomic E-state index is -0.0788. The highest BCUT2D eigenvalue weighted by molar-refractivity contribution is 6.43. The zero-order valence-corrected chi connectivity index (χ0v) is 17.6. The average Bonchev–Trinajstić information content (AvgIpc) is 2.69. The molecule has 1 aliphatic heterocycles. The van der Waals surface area contributed by atoms with Crippen LogP contribution in [0.4, 0.5) is 5.69 Å². The molecule has 2 rings (SSSR count). The van der Waals surface area contributed by atoms with Crippen molar-refractivity contribution in [1.82, 2.24) is 0 Å². The topological polar surface area (TPSA) is 3.24 Å². The van der Waals surface area contributed by atoms with Crippen LogP contribution in [0.1, 0.15) is 67.9 Å². The fraction of sp³-hybridized carbons (Fsp3) is 0.700. The molecule has 1 nitrogen and oxygen atoms in total. The second kappa shape index (κ2) is 5.30. The van der Waals surface area contributed by atoms with Gasteiger partial charge in [0.2, 0.25) is 0 Å². The first-order valence-electron chi connectivity index (χ1n) is 8.41. The smallest absolute Gasteiger partial charge is 0.0651 e. The van der Waals surface area contributed by atoms with Gasteiger partial charge in [0.1, 0.15) is 0 Å². The lowest BCUT2D eigenvalue weighted by atomic mass is 9.52. The minimum Gasteiger partial charge on any atom is -0.365 e. The second-order valence-electron chi connectivity index (χ2n) is 9.92. The summed E-state index contributed by atoms with van der Waals surface area (Å²) in [7, 11) is 0. The first kappa shape index (κ1) is 18.9. The molecule has 0 atom stereocenters. The summed E-state index contributed by atoms with van der Waals surface area (Å²) in [5.74, 6) is 0. The Kier molecular flexibility index (Phi) is 4.36. The van der Waals surface area contributed by atoms with Crippen molar-refractivity contribution in [3.05, 3.63) is 27.7 Å². The molecule has 0 radical (unpaired) electrons. The highest BCUT2D eigenvalue weighted by atomic mass is 35.5. The van der Waals surface area contributed by atoms with E-state index in [4.69, 9.17) is 23.2 Å². The third-order valence-electron chi connectivity index (χ3n) is 5.56. The minimum absolute atomic E-state index is 0.0319. The number of hydrogen-bond acceptors (Lipinski definition) is 1. The van der Waals surface area contributed by atoms with Crippen molar-refractivity contribution < 1.29 is 0 Å². The first-order valence-corrected chi connectivity index (χ1v) is 9.16. The summed E-state index contributed by atoms with van der Waals surface area (Å²) in [5, 5.41) is 1.37. The van der Waals surface area contributed by atoms with Crippen LogP contribution in [-0.4, -0.2) is 12.1 Å². The van der Waals surface area contributed by atoms with E-state index >= 15 is 0 Å². The van der Waals surface area contributed by atoms with E-state index in [1.807, 2.05) is 6.07 Å². The van der Waals surface area contributed by atoms with E-state index in [1.165, 1.54) is 11.3 Å². The molecule has 0 spiro atoms. The van der Waals surface area contributed by atoms with Gasteiger partial charge in [-0.3, -0.25) is 0 Å². The Morgan fingerprint density at radius 1 is 0.870 bits per heavy atom. The van der Waals surface area contributed by atoms with Crippen molar-refractivity contribution in [3.8, 4) is 0 Å². The van der Waals surface area contributed by atoms with Gasteiger partial charge in [0.15, 0.2) is 0 Å². The lowest BCUT2D eigenvalue weighted by molar-refractivity contribution is 0.0636.